The summed E-state index contributed by atoms with van der Waals surface area (Å²) in [4.78, 5) is 11.0. The van der Waals surface area contributed by atoms with Crippen molar-refractivity contribution in [2.45, 2.75) is 31.7 Å². The Morgan fingerprint density at radius 2 is 1.86 bits per heavy atom. The molecule has 1 unspecified atom stereocenters. The number of amidine groups is 1. The van der Waals surface area contributed by atoms with Gasteiger partial charge in [0.05, 0.1) is 29.2 Å². The summed E-state index contributed by atoms with van der Waals surface area (Å²) in [5.74, 6) is -0.604. The molecular weight excluding hydrogens is 472 g/mol. The highest BCUT2D eigenvalue weighted by atomic mass is 19.1. The van der Waals surface area contributed by atoms with Crippen molar-refractivity contribution in [1.29, 1.82) is 5.26 Å². The average Bonchev–Trinajstić information content (AvgIpc) is 3.58. The second-order valence-electron chi connectivity index (χ2n) is 9.70. The van der Waals surface area contributed by atoms with Crippen molar-refractivity contribution in [3.63, 3.8) is 0 Å². The Bertz CT molecular complexity index is 1300. The Morgan fingerprint density at radius 3 is 2.54 bits per heavy atom. The van der Waals surface area contributed by atoms with Crippen LogP contribution >= 0.6 is 0 Å². The first-order valence-corrected chi connectivity index (χ1v) is 12.7. The number of allylic oxidation sites excluding steroid dienone is 1. The predicted octanol–water partition coefficient (Wildman–Crippen LogP) is 3.81. The van der Waals surface area contributed by atoms with Crippen LogP contribution < -0.4 is 21.3 Å². The molecule has 0 radical (unpaired) electrons. The fraction of sp³-hybridized carbons (Fsp3) is 0.357. The first kappa shape index (κ1) is 24.8. The summed E-state index contributed by atoms with van der Waals surface area (Å²) in [5.41, 5.74) is 15.2. The third-order valence-corrected chi connectivity index (χ3v) is 7.19. The van der Waals surface area contributed by atoms with Crippen molar-refractivity contribution in [1.82, 2.24) is 4.90 Å². The lowest BCUT2D eigenvalue weighted by atomic mass is 10.1. The molecule has 2 aromatic rings. The topological polar surface area (TPSA) is 97.9 Å². The highest BCUT2D eigenvalue weighted by Crippen LogP contribution is 2.33. The number of halogens is 2. The van der Waals surface area contributed by atoms with Crippen LogP contribution in [0.2, 0.25) is 0 Å². The summed E-state index contributed by atoms with van der Waals surface area (Å²) in [5, 5.41) is 9.17. The summed E-state index contributed by atoms with van der Waals surface area (Å²) in [7, 11) is 0. The molecule has 7 nitrogen and oxygen atoms in total. The van der Waals surface area contributed by atoms with Crippen molar-refractivity contribution >= 4 is 17.2 Å². The molecule has 2 aromatic carbocycles. The van der Waals surface area contributed by atoms with E-state index >= 15 is 4.39 Å². The van der Waals surface area contributed by atoms with Crippen LogP contribution in [0.1, 0.15) is 36.8 Å². The lowest BCUT2D eigenvalue weighted by molar-refractivity contribution is 0.264. The highest BCUT2D eigenvalue weighted by Gasteiger charge is 2.30. The van der Waals surface area contributed by atoms with Gasteiger partial charge in [-0.15, -0.1) is 0 Å². The molecule has 0 aliphatic carbocycles. The molecule has 0 spiro atoms. The number of nitrogens with two attached hydrogens (primary N) is 2. The van der Waals surface area contributed by atoms with Gasteiger partial charge in [-0.05, 0) is 74.4 Å². The molecule has 192 valence electrons. The SMILES string of the molecule is N#Cc1ccc(C2=N/C(=C(/C=C\N)N3CCCC(N)C3)CN2c2ccc(N3CCCC3)cc2F)cc1F. The first-order valence-electron chi connectivity index (χ1n) is 12.7. The van der Waals surface area contributed by atoms with E-state index in [1.54, 1.807) is 29.2 Å². The van der Waals surface area contributed by atoms with Crippen LogP contribution in [-0.4, -0.2) is 49.5 Å². The molecule has 0 amide bonds. The number of rotatable bonds is 5. The molecule has 0 aromatic heterocycles. The summed E-state index contributed by atoms with van der Waals surface area (Å²) in [6.45, 7) is 3.59. The van der Waals surface area contributed by atoms with Crippen molar-refractivity contribution in [2.75, 3.05) is 42.5 Å². The monoisotopic (exact) mass is 503 g/mol. The quantitative estimate of drug-likeness (QED) is 0.644. The van der Waals surface area contributed by atoms with Crippen molar-refractivity contribution < 1.29 is 8.78 Å². The largest absolute Gasteiger partial charge is 0.405 e. The number of aliphatic imine (C=N–C) groups is 1. The maximum Gasteiger partial charge on any atom is 0.148 e. The minimum Gasteiger partial charge on any atom is -0.405 e. The van der Waals surface area contributed by atoms with E-state index in [1.807, 2.05) is 12.1 Å². The van der Waals surface area contributed by atoms with Crippen molar-refractivity contribution in [3.8, 4) is 6.07 Å². The lowest BCUT2D eigenvalue weighted by Crippen LogP contribution is -2.42. The molecule has 4 N–H and O–H groups in total. The van der Waals surface area contributed by atoms with Gasteiger partial charge in [-0.1, -0.05) is 0 Å². The average molecular weight is 504 g/mol. The minimum atomic E-state index is -0.644. The van der Waals surface area contributed by atoms with Crippen LogP contribution in [0.3, 0.4) is 0 Å². The molecule has 0 bridgehead atoms. The van der Waals surface area contributed by atoms with Gasteiger partial charge in [0.15, 0.2) is 0 Å². The zero-order valence-electron chi connectivity index (χ0n) is 20.7. The predicted molar refractivity (Wildman–Crippen MR) is 142 cm³/mol. The minimum absolute atomic E-state index is 0.0414. The number of hydrogen-bond donors (Lipinski definition) is 2. The van der Waals surface area contributed by atoms with E-state index in [4.69, 9.17) is 21.7 Å². The Hall–Kier alpha value is -3.90. The summed E-state index contributed by atoms with van der Waals surface area (Å²) in [6.07, 6.45) is 7.36. The molecule has 3 heterocycles. The van der Waals surface area contributed by atoms with Gasteiger partial charge in [0.2, 0.25) is 0 Å². The zero-order valence-corrected chi connectivity index (χ0v) is 20.7. The zero-order chi connectivity index (χ0) is 25.9. The number of nitrogens with zero attached hydrogens (tertiary/aromatic N) is 5. The molecule has 5 rings (SSSR count). The normalized spacial score (nSPS) is 21.5. The van der Waals surface area contributed by atoms with Gasteiger partial charge in [-0.3, -0.25) is 0 Å². The fourth-order valence-corrected chi connectivity index (χ4v) is 5.34. The van der Waals surface area contributed by atoms with Gasteiger partial charge in [0, 0.05) is 43.5 Å². The van der Waals surface area contributed by atoms with Gasteiger partial charge >= 0.3 is 0 Å². The third-order valence-electron chi connectivity index (χ3n) is 7.19. The number of nitriles is 1. The van der Waals surface area contributed by atoms with E-state index in [9.17, 15) is 4.39 Å². The first-order chi connectivity index (χ1) is 18.0. The molecular formula is C28H31F2N7. The second-order valence-corrected chi connectivity index (χ2v) is 9.70. The van der Waals surface area contributed by atoms with Crippen molar-refractivity contribution in [3.05, 3.63) is 82.8 Å². The Labute approximate surface area is 216 Å². The van der Waals surface area contributed by atoms with E-state index in [0.717, 1.165) is 56.7 Å². The Balaban J connectivity index is 1.59. The molecule has 37 heavy (non-hydrogen) atoms. The van der Waals surface area contributed by atoms with Gasteiger partial charge in [-0.2, -0.15) is 5.26 Å². The third kappa shape index (κ3) is 5.02. The molecule has 2 fully saturated rings. The summed E-state index contributed by atoms with van der Waals surface area (Å²) >= 11 is 0. The van der Waals surface area contributed by atoms with E-state index < -0.39 is 5.82 Å². The van der Waals surface area contributed by atoms with E-state index in [2.05, 4.69) is 9.80 Å². The Kier molecular flexibility index (Phi) is 7.10. The summed E-state index contributed by atoms with van der Waals surface area (Å²) in [6, 6.07) is 11.5. The molecule has 1 atom stereocenters. The fourth-order valence-electron chi connectivity index (χ4n) is 5.34. The summed E-state index contributed by atoms with van der Waals surface area (Å²) < 4.78 is 30.2. The number of anilines is 2. The van der Waals surface area contributed by atoms with Crippen LogP contribution in [0, 0.1) is 23.0 Å². The maximum absolute atomic E-state index is 15.6. The maximum atomic E-state index is 15.6. The van der Waals surface area contributed by atoms with E-state index in [-0.39, 0.29) is 24.0 Å². The van der Waals surface area contributed by atoms with Crippen LogP contribution in [0.15, 0.2) is 65.1 Å². The van der Waals surface area contributed by atoms with Gasteiger partial charge in [-0.25, -0.2) is 13.8 Å². The second kappa shape index (κ2) is 10.6. The van der Waals surface area contributed by atoms with E-state index in [0.29, 0.717) is 29.3 Å². The molecule has 3 aliphatic heterocycles. The standard InChI is InChI=1S/C28H31F2N7/c29-23-14-19(5-6-20(23)16-32)28-34-25(27(9-10-31)36-13-3-4-21(33)17-36)18-37(28)26-8-7-22(15-24(26)30)35-11-1-2-12-35/h5-10,14-15,21H,1-4,11-13,17-18,31,33H2/b10-9-,27-25-. The lowest BCUT2D eigenvalue weighted by Gasteiger charge is -2.34. The number of benzene rings is 2. The van der Waals surface area contributed by atoms with Gasteiger partial charge < -0.3 is 26.2 Å². The van der Waals surface area contributed by atoms with Crippen molar-refractivity contribution in [2.24, 2.45) is 16.5 Å². The molecule has 3 aliphatic rings. The van der Waals surface area contributed by atoms with Crippen LogP contribution in [0.4, 0.5) is 20.2 Å². The number of likely N-dealkylation sites (tertiary alicyclic amines) is 1. The highest BCUT2D eigenvalue weighted by molar-refractivity contribution is 6.12. The van der Waals surface area contributed by atoms with Gasteiger partial charge in [0.1, 0.15) is 23.5 Å². The molecule has 0 saturated carbocycles. The smallest absolute Gasteiger partial charge is 0.148 e. The van der Waals surface area contributed by atoms with Crippen LogP contribution in [0.25, 0.3) is 0 Å². The number of piperidine rings is 1. The van der Waals surface area contributed by atoms with E-state index in [1.165, 1.54) is 18.3 Å². The number of hydrogen-bond acceptors (Lipinski definition) is 7. The Morgan fingerprint density at radius 1 is 1.05 bits per heavy atom. The van der Waals surface area contributed by atoms with Gasteiger partial charge in [0.25, 0.3) is 0 Å². The van der Waals surface area contributed by atoms with Crippen LogP contribution in [-0.2, 0) is 0 Å². The van der Waals surface area contributed by atoms with Crippen LogP contribution in [0.5, 0.6) is 0 Å². The molecule has 9 heteroatoms. The molecule has 2 saturated heterocycles.